The molecule has 2 atom stereocenters. The Morgan fingerprint density at radius 1 is 1.44 bits per heavy atom. The molecule has 16 heavy (non-hydrogen) atoms. The van der Waals surface area contributed by atoms with Crippen LogP contribution in [0.4, 0.5) is 0 Å². The van der Waals surface area contributed by atoms with Gasteiger partial charge < -0.3 is 15.7 Å². The predicted molar refractivity (Wildman–Crippen MR) is 59.8 cm³/mol. The van der Waals surface area contributed by atoms with Crippen molar-refractivity contribution in [3.8, 4) is 0 Å². The van der Waals surface area contributed by atoms with Crippen LogP contribution in [0.3, 0.4) is 0 Å². The minimum absolute atomic E-state index is 0.00190. The van der Waals surface area contributed by atoms with E-state index in [-0.39, 0.29) is 24.3 Å². The summed E-state index contributed by atoms with van der Waals surface area (Å²) < 4.78 is 0. The van der Waals surface area contributed by atoms with Gasteiger partial charge in [0, 0.05) is 32.0 Å². The lowest BCUT2D eigenvalue weighted by Crippen LogP contribution is -2.49. The van der Waals surface area contributed by atoms with E-state index in [1.54, 1.807) is 4.90 Å². The highest BCUT2D eigenvalue weighted by atomic mass is 16.4. The second kappa shape index (κ2) is 5.84. The van der Waals surface area contributed by atoms with Gasteiger partial charge in [0.1, 0.15) is 0 Å². The van der Waals surface area contributed by atoms with Crippen LogP contribution in [0, 0.1) is 5.92 Å². The minimum Gasteiger partial charge on any atom is -0.481 e. The second-order valence-corrected chi connectivity index (χ2v) is 4.51. The molecule has 1 rings (SSSR count). The molecule has 5 nitrogen and oxygen atoms in total. The first-order valence-electron chi connectivity index (χ1n) is 5.78. The van der Waals surface area contributed by atoms with Gasteiger partial charge in [-0.2, -0.15) is 0 Å². The van der Waals surface area contributed by atoms with Gasteiger partial charge in [0.15, 0.2) is 0 Å². The number of amides is 1. The van der Waals surface area contributed by atoms with Crippen molar-refractivity contribution in [2.75, 3.05) is 13.1 Å². The van der Waals surface area contributed by atoms with E-state index < -0.39 is 5.97 Å². The fourth-order valence-electron chi connectivity index (χ4n) is 2.22. The minimum atomic E-state index is -0.818. The number of carboxylic acid groups (broad SMARTS) is 1. The molecule has 0 aromatic carbocycles. The van der Waals surface area contributed by atoms with Crippen LogP contribution in [0.2, 0.25) is 0 Å². The number of nitrogens with zero attached hydrogens (tertiary/aromatic N) is 1. The van der Waals surface area contributed by atoms with E-state index in [2.05, 4.69) is 0 Å². The highest BCUT2D eigenvalue weighted by Crippen LogP contribution is 2.19. The Bertz CT molecular complexity index is 268. The molecule has 1 saturated heterocycles. The summed E-state index contributed by atoms with van der Waals surface area (Å²) >= 11 is 0. The van der Waals surface area contributed by atoms with Crippen molar-refractivity contribution in [1.82, 2.24) is 4.90 Å². The van der Waals surface area contributed by atoms with Gasteiger partial charge in [0.2, 0.25) is 5.91 Å². The summed E-state index contributed by atoms with van der Waals surface area (Å²) in [5.41, 5.74) is 5.84. The first-order valence-corrected chi connectivity index (χ1v) is 5.78. The number of piperidine rings is 1. The number of likely N-dealkylation sites (tertiary alicyclic amines) is 1. The second-order valence-electron chi connectivity index (χ2n) is 4.51. The summed E-state index contributed by atoms with van der Waals surface area (Å²) in [6.45, 7) is 3.06. The third-order valence-corrected chi connectivity index (χ3v) is 2.85. The van der Waals surface area contributed by atoms with Gasteiger partial charge >= 0.3 is 5.97 Å². The van der Waals surface area contributed by atoms with Gasteiger partial charge in [0.25, 0.3) is 0 Å². The summed E-state index contributed by atoms with van der Waals surface area (Å²) in [4.78, 5) is 24.0. The van der Waals surface area contributed by atoms with Crippen molar-refractivity contribution < 1.29 is 14.7 Å². The van der Waals surface area contributed by atoms with Gasteiger partial charge in [-0.25, -0.2) is 0 Å². The SMILES string of the molecule is CCCC(=O)N1CC(N)CC(CC(=O)O)C1. The molecule has 0 spiro atoms. The van der Waals surface area contributed by atoms with E-state index in [0.29, 0.717) is 25.9 Å². The zero-order valence-electron chi connectivity index (χ0n) is 9.69. The van der Waals surface area contributed by atoms with E-state index in [1.165, 1.54) is 0 Å². The van der Waals surface area contributed by atoms with Gasteiger partial charge in [-0.15, -0.1) is 0 Å². The average molecular weight is 228 g/mol. The van der Waals surface area contributed by atoms with E-state index in [1.807, 2.05) is 6.92 Å². The molecule has 1 aliphatic rings. The van der Waals surface area contributed by atoms with Crippen LogP contribution in [0.25, 0.3) is 0 Å². The fraction of sp³-hybridized carbons (Fsp3) is 0.818. The number of carboxylic acids is 1. The van der Waals surface area contributed by atoms with Crippen LogP contribution >= 0.6 is 0 Å². The summed E-state index contributed by atoms with van der Waals surface area (Å²) in [6, 6.07) is -0.0843. The largest absolute Gasteiger partial charge is 0.481 e. The normalized spacial score (nSPS) is 25.5. The molecule has 0 bridgehead atoms. The number of carbonyl (C=O) groups excluding carboxylic acids is 1. The smallest absolute Gasteiger partial charge is 0.303 e. The monoisotopic (exact) mass is 228 g/mol. The van der Waals surface area contributed by atoms with Gasteiger partial charge in [-0.1, -0.05) is 6.92 Å². The molecular formula is C11H20N2O3. The molecule has 0 saturated carbocycles. The number of hydrogen-bond donors (Lipinski definition) is 2. The van der Waals surface area contributed by atoms with Gasteiger partial charge in [0.05, 0.1) is 0 Å². The molecule has 1 fully saturated rings. The summed E-state index contributed by atoms with van der Waals surface area (Å²) in [7, 11) is 0. The number of rotatable bonds is 4. The molecule has 0 aliphatic carbocycles. The summed E-state index contributed by atoms with van der Waals surface area (Å²) in [6.07, 6.45) is 2.13. The number of carbonyl (C=O) groups is 2. The van der Waals surface area contributed by atoms with Crippen molar-refractivity contribution in [1.29, 1.82) is 0 Å². The highest BCUT2D eigenvalue weighted by Gasteiger charge is 2.28. The van der Waals surface area contributed by atoms with Crippen LogP contribution in [0.15, 0.2) is 0 Å². The lowest BCUT2D eigenvalue weighted by Gasteiger charge is -2.35. The number of nitrogens with two attached hydrogens (primary N) is 1. The Labute approximate surface area is 95.6 Å². The zero-order chi connectivity index (χ0) is 12.1. The molecule has 5 heteroatoms. The predicted octanol–water partition coefficient (Wildman–Crippen LogP) is 0.437. The Morgan fingerprint density at radius 3 is 2.69 bits per heavy atom. The first-order chi connectivity index (χ1) is 7.52. The Kier molecular flexibility index (Phi) is 4.73. The first kappa shape index (κ1) is 13.0. The molecule has 1 heterocycles. The average Bonchev–Trinajstić information content (AvgIpc) is 2.15. The van der Waals surface area contributed by atoms with E-state index in [0.717, 1.165) is 6.42 Å². The summed E-state index contributed by atoms with van der Waals surface area (Å²) in [5.74, 6) is -0.725. The van der Waals surface area contributed by atoms with E-state index >= 15 is 0 Å². The van der Waals surface area contributed by atoms with Crippen molar-refractivity contribution in [3.05, 3.63) is 0 Å². The fourth-order valence-corrected chi connectivity index (χ4v) is 2.22. The molecule has 0 aromatic rings. The molecule has 2 unspecified atom stereocenters. The molecule has 92 valence electrons. The molecule has 3 N–H and O–H groups in total. The molecule has 0 radical (unpaired) electrons. The van der Waals surface area contributed by atoms with Crippen molar-refractivity contribution in [2.45, 2.75) is 38.6 Å². The quantitative estimate of drug-likeness (QED) is 0.731. The maximum absolute atomic E-state index is 11.7. The van der Waals surface area contributed by atoms with Crippen LogP contribution in [-0.2, 0) is 9.59 Å². The lowest BCUT2D eigenvalue weighted by molar-refractivity contribution is -0.141. The maximum Gasteiger partial charge on any atom is 0.303 e. The topological polar surface area (TPSA) is 83.6 Å². The van der Waals surface area contributed by atoms with Crippen LogP contribution in [0.1, 0.15) is 32.6 Å². The number of aliphatic carboxylic acids is 1. The standard InChI is InChI=1S/C11H20N2O3/c1-2-3-10(14)13-6-8(5-11(15)16)4-9(12)7-13/h8-9H,2-7,12H2,1H3,(H,15,16). The van der Waals surface area contributed by atoms with Gasteiger partial charge in [-0.05, 0) is 18.8 Å². The third kappa shape index (κ3) is 3.81. The Morgan fingerprint density at radius 2 is 2.12 bits per heavy atom. The van der Waals surface area contributed by atoms with E-state index in [9.17, 15) is 9.59 Å². The molecular weight excluding hydrogens is 208 g/mol. The van der Waals surface area contributed by atoms with Crippen LogP contribution in [-0.4, -0.2) is 41.0 Å². The Balaban J connectivity index is 2.53. The Hall–Kier alpha value is -1.10. The maximum atomic E-state index is 11.7. The van der Waals surface area contributed by atoms with Crippen molar-refractivity contribution >= 4 is 11.9 Å². The third-order valence-electron chi connectivity index (χ3n) is 2.85. The van der Waals surface area contributed by atoms with Crippen molar-refractivity contribution in [3.63, 3.8) is 0 Å². The molecule has 1 amide bonds. The van der Waals surface area contributed by atoms with Crippen LogP contribution < -0.4 is 5.73 Å². The van der Waals surface area contributed by atoms with Crippen LogP contribution in [0.5, 0.6) is 0 Å². The van der Waals surface area contributed by atoms with E-state index in [4.69, 9.17) is 10.8 Å². The number of hydrogen-bond acceptors (Lipinski definition) is 3. The lowest BCUT2D eigenvalue weighted by atomic mass is 9.91. The van der Waals surface area contributed by atoms with Gasteiger partial charge in [-0.3, -0.25) is 9.59 Å². The molecule has 0 aromatic heterocycles. The zero-order valence-corrected chi connectivity index (χ0v) is 9.69. The molecule has 1 aliphatic heterocycles. The summed E-state index contributed by atoms with van der Waals surface area (Å²) in [5, 5.41) is 8.74. The highest BCUT2D eigenvalue weighted by molar-refractivity contribution is 5.76. The van der Waals surface area contributed by atoms with Crippen molar-refractivity contribution in [2.24, 2.45) is 11.7 Å².